The van der Waals surface area contributed by atoms with Crippen LogP contribution in [0.4, 0.5) is 5.69 Å². The van der Waals surface area contributed by atoms with Crippen LogP contribution in [0, 0.1) is 0 Å². The summed E-state index contributed by atoms with van der Waals surface area (Å²) in [7, 11) is -2.13. The summed E-state index contributed by atoms with van der Waals surface area (Å²) in [6, 6.07) is 9.65. The maximum atomic E-state index is 11.2. The summed E-state index contributed by atoms with van der Waals surface area (Å²) >= 11 is 3.48. The molecule has 0 amide bonds. The van der Waals surface area contributed by atoms with Gasteiger partial charge >= 0.3 is 0 Å². The number of rotatable bonds is 8. The Labute approximate surface area is 161 Å². The van der Waals surface area contributed by atoms with Gasteiger partial charge in [0.15, 0.2) is 11.5 Å². The Bertz CT molecular complexity index is 884. The van der Waals surface area contributed by atoms with Crippen molar-refractivity contribution in [3.05, 3.63) is 46.4 Å². The number of halogens is 1. The Morgan fingerprint density at radius 2 is 1.96 bits per heavy atom. The Kier molecular flexibility index (Phi) is 7.01. The Hall–Kier alpha value is -2.10. The van der Waals surface area contributed by atoms with Crippen molar-refractivity contribution < 1.29 is 17.9 Å². The van der Waals surface area contributed by atoms with Crippen LogP contribution in [0.2, 0.25) is 0 Å². The van der Waals surface area contributed by atoms with Crippen LogP contribution < -0.4 is 20.0 Å². The first-order valence-corrected chi connectivity index (χ1v) is 10.1. The van der Waals surface area contributed by atoms with Crippen molar-refractivity contribution in [1.29, 1.82) is 0 Å². The van der Waals surface area contributed by atoms with E-state index in [-0.39, 0.29) is 4.90 Å². The number of anilines is 1. The number of hydrogen-bond acceptors (Lipinski definition) is 6. The number of nitrogens with zero attached hydrogens (tertiary/aromatic N) is 1. The molecule has 0 saturated carbocycles. The molecule has 0 aliphatic rings. The van der Waals surface area contributed by atoms with E-state index in [1.165, 1.54) is 12.1 Å². The van der Waals surface area contributed by atoms with Crippen LogP contribution in [0.25, 0.3) is 0 Å². The first-order chi connectivity index (χ1) is 12.3. The number of primary sulfonamides is 1. The van der Waals surface area contributed by atoms with Gasteiger partial charge in [0.05, 0.1) is 35.0 Å². The predicted molar refractivity (Wildman–Crippen MR) is 106 cm³/mol. The molecule has 7 nitrogen and oxygen atoms in total. The lowest BCUT2D eigenvalue weighted by atomic mass is 10.2. The van der Waals surface area contributed by atoms with Gasteiger partial charge in [-0.15, -0.1) is 0 Å². The van der Waals surface area contributed by atoms with Crippen molar-refractivity contribution in [2.45, 2.75) is 18.2 Å². The summed E-state index contributed by atoms with van der Waals surface area (Å²) in [6.07, 6.45) is 2.51. The number of benzene rings is 2. The smallest absolute Gasteiger partial charge is 0.238 e. The second kappa shape index (κ2) is 9.02. The van der Waals surface area contributed by atoms with Crippen LogP contribution in [-0.4, -0.2) is 28.3 Å². The van der Waals surface area contributed by atoms with Crippen molar-refractivity contribution in [2.75, 3.05) is 19.1 Å². The highest BCUT2D eigenvalue weighted by atomic mass is 79.9. The summed E-state index contributed by atoms with van der Waals surface area (Å²) in [4.78, 5) is 0.0448. The van der Waals surface area contributed by atoms with Gasteiger partial charge in [0.2, 0.25) is 10.0 Å². The number of ether oxygens (including phenoxy) is 2. The molecule has 0 saturated heterocycles. The van der Waals surface area contributed by atoms with Gasteiger partial charge in [-0.25, -0.2) is 13.6 Å². The Morgan fingerprint density at radius 1 is 1.27 bits per heavy atom. The highest BCUT2D eigenvalue weighted by Gasteiger charge is 2.11. The van der Waals surface area contributed by atoms with Crippen molar-refractivity contribution in [1.82, 2.24) is 0 Å². The van der Waals surface area contributed by atoms with E-state index in [0.717, 1.165) is 16.5 Å². The molecule has 0 fully saturated rings. The lowest BCUT2D eigenvalue weighted by Crippen LogP contribution is -2.11. The average Bonchev–Trinajstić information content (AvgIpc) is 2.60. The number of methoxy groups -OCH3 is 1. The van der Waals surface area contributed by atoms with Gasteiger partial charge in [0.1, 0.15) is 0 Å². The molecule has 0 unspecified atom stereocenters. The van der Waals surface area contributed by atoms with Gasteiger partial charge in [-0.05, 0) is 64.3 Å². The Balaban J connectivity index is 2.11. The monoisotopic (exact) mass is 441 g/mol. The topological polar surface area (TPSA) is 103 Å². The molecule has 0 radical (unpaired) electrons. The molecule has 0 spiro atoms. The van der Waals surface area contributed by atoms with E-state index < -0.39 is 10.0 Å². The third-order valence-electron chi connectivity index (χ3n) is 3.29. The predicted octanol–water partition coefficient (Wildman–Crippen LogP) is 3.34. The van der Waals surface area contributed by atoms with Crippen molar-refractivity contribution in [3.63, 3.8) is 0 Å². The zero-order valence-corrected chi connectivity index (χ0v) is 16.8. The van der Waals surface area contributed by atoms with E-state index in [1.807, 2.05) is 19.1 Å². The van der Waals surface area contributed by atoms with Crippen LogP contribution in [0.15, 0.2) is 50.9 Å². The van der Waals surface area contributed by atoms with E-state index in [1.54, 1.807) is 25.5 Å². The molecule has 9 heteroatoms. The number of nitrogens with one attached hydrogen (secondary N) is 1. The molecule has 2 rings (SSSR count). The fourth-order valence-corrected chi connectivity index (χ4v) is 3.15. The molecule has 3 N–H and O–H groups in total. The minimum Gasteiger partial charge on any atom is -0.493 e. The van der Waals surface area contributed by atoms with Crippen LogP contribution in [0.3, 0.4) is 0 Å². The number of sulfonamides is 1. The number of nitrogens with two attached hydrogens (primary N) is 1. The molecule has 0 aliphatic heterocycles. The van der Waals surface area contributed by atoms with E-state index in [2.05, 4.69) is 26.5 Å². The van der Waals surface area contributed by atoms with Gasteiger partial charge in [0, 0.05) is 0 Å². The molecule has 0 aliphatic carbocycles. The fourth-order valence-electron chi connectivity index (χ4n) is 2.06. The van der Waals surface area contributed by atoms with Crippen LogP contribution in [0.5, 0.6) is 11.5 Å². The van der Waals surface area contributed by atoms with Crippen molar-refractivity contribution in [2.24, 2.45) is 10.2 Å². The molecule has 0 aromatic heterocycles. The number of hydrazone groups is 1. The largest absolute Gasteiger partial charge is 0.493 e. The SMILES string of the molecule is CCCOc1c(Br)cc(C=NNc2ccc(S(N)(=O)=O)cc2)cc1OC. The lowest BCUT2D eigenvalue weighted by Gasteiger charge is -2.12. The van der Waals surface area contributed by atoms with E-state index in [0.29, 0.717) is 23.8 Å². The second-order valence-corrected chi connectivity index (χ2v) is 7.74. The molecule has 2 aromatic rings. The van der Waals surface area contributed by atoms with Crippen LogP contribution in [-0.2, 0) is 10.0 Å². The van der Waals surface area contributed by atoms with Gasteiger partial charge in [-0.3, -0.25) is 5.43 Å². The summed E-state index contributed by atoms with van der Waals surface area (Å²) in [5.41, 5.74) is 4.25. The quantitative estimate of drug-likeness (QED) is 0.482. The molecule has 0 heterocycles. The molecular formula is C17H20BrN3O4S. The maximum Gasteiger partial charge on any atom is 0.238 e. The highest BCUT2D eigenvalue weighted by molar-refractivity contribution is 9.10. The first kappa shape index (κ1) is 20.2. The first-order valence-electron chi connectivity index (χ1n) is 7.77. The molecular weight excluding hydrogens is 422 g/mol. The number of hydrogen-bond donors (Lipinski definition) is 2. The second-order valence-electron chi connectivity index (χ2n) is 5.32. The molecule has 2 aromatic carbocycles. The van der Waals surface area contributed by atoms with Gasteiger partial charge < -0.3 is 9.47 Å². The summed E-state index contributed by atoms with van der Waals surface area (Å²) < 4.78 is 34.3. The van der Waals surface area contributed by atoms with Crippen LogP contribution >= 0.6 is 15.9 Å². The third kappa shape index (κ3) is 5.45. The average molecular weight is 442 g/mol. The molecule has 26 heavy (non-hydrogen) atoms. The van der Waals surface area contributed by atoms with E-state index in [9.17, 15) is 8.42 Å². The normalized spacial score (nSPS) is 11.5. The lowest BCUT2D eigenvalue weighted by molar-refractivity contribution is 0.292. The van der Waals surface area contributed by atoms with Crippen molar-refractivity contribution >= 4 is 37.9 Å². The zero-order chi connectivity index (χ0) is 19.2. The summed E-state index contributed by atoms with van der Waals surface area (Å²) in [5.74, 6) is 1.25. The van der Waals surface area contributed by atoms with E-state index in [4.69, 9.17) is 14.6 Å². The van der Waals surface area contributed by atoms with Gasteiger partial charge in [0.25, 0.3) is 0 Å². The van der Waals surface area contributed by atoms with Crippen LogP contribution in [0.1, 0.15) is 18.9 Å². The fraction of sp³-hybridized carbons (Fsp3) is 0.235. The third-order valence-corrected chi connectivity index (χ3v) is 4.81. The summed E-state index contributed by atoms with van der Waals surface area (Å²) in [5, 5.41) is 9.20. The summed E-state index contributed by atoms with van der Waals surface area (Å²) in [6.45, 7) is 2.63. The zero-order valence-electron chi connectivity index (χ0n) is 14.4. The van der Waals surface area contributed by atoms with Crippen molar-refractivity contribution in [3.8, 4) is 11.5 Å². The minimum atomic E-state index is -3.70. The molecule has 0 bridgehead atoms. The Morgan fingerprint density at radius 3 is 2.54 bits per heavy atom. The minimum absolute atomic E-state index is 0.0448. The standard InChI is InChI=1S/C17H20BrN3O4S/c1-3-8-25-17-15(18)9-12(10-16(17)24-2)11-20-21-13-4-6-14(7-5-13)26(19,22)23/h4-7,9-11,21H,3,8H2,1-2H3,(H2,19,22,23). The van der Waals surface area contributed by atoms with Gasteiger partial charge in [-0.1, -0.05) is 6.92 Å². The maximum absolute atomic E-state index is 11.2. The molecule has 140 valence electrons. The van der Waals surface area contributed by atoms with E-state index >= 15 is 0 Å². The highest BCUT2D eigenvalue weighted by Crippen LogP contribution is 2.36. The molecule has 0 atom stereocenters. The van der Waals surface area contributed by atoms with Gasteiger partial charge in [-0.2, -0.15) is 5.10 Å².